The fraction of sp³-hybridized carbons (Fsp3) is 0.680. The average Bonchev–Trinajstić information content (AvgIpc) is 3.25. The number of benzene rings is 1. The van der Waals surface area contributed by atoms with E-state index in [1.807, 2.05) is 7.05 Å². The van der Waals surface area contributed by atoms with Crippen LogP contribution in [0, 0.1) is 5.92 Å². The van der Waals surface area contributed by atoms with Gasteiger partial charge in [0, 0.05) is 51.2 Å². The molecule has 0 saturated carbocycles. The third kappa shape index (κ3) is 6.70. The number of hydrogen-bond donors (Lipinski definition) is 2. The van der Waals surface area contributed by atoms with Crippen molar-refractivity contribution in [3.63, 3.8) is 0 Å². The average molecular weight is 428 g/mol. The highest BCUT2D eigenvalue weighted by molar-refractivity contribution is 5.80. The Hall–Kier alpha value is -2.08. The van der Waals surface area contributed by atoms with Gasteiger partial charge in [-0.15, -0.1) is 0 Å². The van der Waals surface area contributed by atoms with Crippen molar-refractivity contribution in [1.29, 1.82) is 0 Å². The quantitative estimate of drug-likeness (QED) is 0.494. The first kappa shape index (κ1) is 23.6. The van der Waals surface area contributed by atoms with E-state index in [9.17, 15) is 4.79 Å². The van der Waals surface area contributed by atoms with Crippen molar-refractivity contribution < 1.29 is 4.79 Å². The van der Waals surface area contributed by atoms with Crippen LogP contribution in [0.15, 0.2) is 35.3 Å². The molecule has 2 aliphatic heterocycles. The Balaban J connectivity index is 1.42. The van der Waals surface area contributed by atoms with E-state index in [0.717, 1.165) is 64.4 Å². The minimum atomic E-state index is 0.184. The summed E-state index contributed by atoms with van der Waals surface area (Å²) in [4.78, 5) is 21.7. The van der Waals surface area contributed by atoms with Crippen molar-refractivity contribution in [2.75, 3.05) is 33.2 Å². The largest absolute Gasteiger partial charge is 0.355 e. The molecule has 2 aliphatic rings. The summed E-state index contributed by atoms with van der Waals surface area (Å²) in [5, 5.41) is 7.15. The predicted octanol–water partition coefficient (Wildman–Crippen LogP) is 3.24. The zero-order valence-corrected chi connectivity index (χ0v) is 19.6. The van der Waals surface area contributed by atoms with E-state index >= 15 is 0 Å². The lowest BCUT2D eigenvalue weighted by Crippen LogP contribution is -2.52. The fourth-order valence-electron chi connectivity index (χ4n) is 4.90. The number of nitrogens with one attached hydrogen (secondary N) is 2. The molecule has 2 heterocycles. The zero-order chi connectivity index (χ0) is 22.1. The Kier molecular flexibility index (Phi) is 9.19. The van der Waals surface area contributed by atoms with Gasteiger partial charge >= 0.3 is 0 Å². The van der Waals surface area contributed by atoms with Crippen LogP contribution in [0.5, 0.6) is 0 Å². The summed E-state index contributed by atoms with van der Waals surface area (Å²) in [5.74, 6) is 1.41. The maximum absolute atomic E-state index is 12.6. The maximum atomic E-state index is 12.6. The number of aliphatic imine (C=N–C) groups is 1. The second-order valence-electron chi connectivity index (χ2n) is 8.96. The Morgan fingerprint density at radius 1 is 1.10 bits per heavy atom. The number of hydrogen-bond acceptors (Lipinski definition) is 3. The van der Waals surface area contributed by atoms with Crippen molar-refractivity contribution in [2.45, 2.75) is 71.0 Å². The summed E-state index contributed by atoms with van der Waals surface area (Å²) < 4.78 is 0. The van der Waals surface area contributed by atoms with Gasteiger partial charge in [0.2, 0.25) is 5.91 Å². The van der Waals surface area contributed by atoms with Crippen LogP contribution >= 0.6 is 0 Å². The van der Waals surface area contributed by atoms with Gasteiger partial charge in [-0.2, -0.15) is 0 Å². The summed E-state index contributed by atoms with van der Waals surface area (Å²) >= 11 is 0. The number of likely N-dealkylation sites (tertiary alicyclic amines) is 2. The molecule has 0 spiro atoms. The van der Waals surface area contributed by atoms with Crippen LogP contribution in [0.1, 0.15) is 57.9 Å². The maximum Gasteiger partial charge on any atom is 0.225 e. The van der Waals surface area contributed by atoms with Gasteiger partial charge in [0.1, 0.15) is 0 Å². The molecule has 172 valence electrons. The summed E-state index contributed by atoms with van der Waals surface area (Å²) in [6.07, 6.45) is 6.33. The molecule has 0 radical (unpaired) electrons. The number of guanidine groups is 1. The van der Waals surface area contributed by atoms with E-state index < -0.39 is 0 Å². The molecule has 1 amide bonds. The number of piperidine rings is 1. The topological polar surface area (TPSA) is 60.0 Å². The van der Waals surface area contributed by atoms with Crippen molar-refractivity contribution in [3.05, 3.63) is 35.9 Å². The molecular formula is C25H41N5O. The minimum absolute atomic E-state index is 0.184. The summed E-state index contributed by atoms with van der Waals surface area (Å²) in [6.45, 7) is 9.01. The molecule has 2 N–H and O–H groups in total. The van der Waals surface area contributed by atoms with Crippen LogP contribution < -0.4 is 10.6 Å². The van der Waals surface area contributed by atoms with Gasteiger partial charge in [-0.25, -0.2) is 0 Å². The molecule has 0 aliphatic carbocycles. The van der Waals surface area contributed by atoms with Gasteiger partial charge in [-0.3, -0.25) is 14.7 Å². The molecule has 0 bridgehead atoms. The van der Waals surface area contributed by atoms with Gasteiger partial charge in [0.15, 0.2) is 5.96 Å². The van der Waals surface area contributed by atoms with Crippen LogP contribution in [0.4, 0.5) is 0 Å². The number of carbonyl (C=O) groups is 1. The Morgan fingerprint density at radius 2 is 1.81 bits per heavy atom. The summed E-state index contributed by atoms with van der Waals surface area (Å²) in [5.41, 5.74) is 1.38. The number of nitrogens with zero attached hydrogens (tertiary/aromatic N) is 3. The first-order valence-corrected chi connectivity index (χ1v) is 12.2. The van der Waals surface area contributed by atoms with Crippen LogP contribution in [0.25, 0.3) is 0 Å². The van der Waals surface area contributed by atoms with Crippen LogP contribution in [-0.2, 0) is 11.3 Å². The minimum Gasteiger partial charge on any atom is -0.355 e. The fourth-order valence-corrected chi connectivity index (χ4v) is 4.90. The highest BCUT2D eigenvalue weighted by Crippen LogP contribution is 2.20. The van der Waals surface area contributed by atoms with Crippen molar-refractivity contribution >= 4 is 11.9 Å². The van der Waals surface area contributed by atoms with Crippen LogP contribution in [-0.4, -0.2) is 67.0 Å². The van der Waals surface area contributed by atoms with Crippen molar-refractivity contribution in [1.82, 2.24) is 20.4 Å². The lowest BCUT2D eigenvalue weighted by Gasteiger charge is -2.35. The zero-order valence-electron chi connectivity index (χ0n) is 19.6. The van der Waals surface area contributed by atoms with Crippen molar-refractivity contribution in [2.24, 2.45) is 10.9 Å². The molecule has 2 fully saturated rings. The van der Waals surface area contributed by atoms with E-state index in [0.29, 0.717) is 18.0 Å². The van der Waals surface area contributed by atoms with Crippen LogP contribution in [0.2, 0.25) is 0 Å². The van der Waals surface area contributed by atoms with Gasteiger partial charge in [0.25, 0.3) is 0 Å². The first-order chi connectivity index (χ1) is 15.1. The standard InChI is InChI=1S/C25H41N5O/c1-4-21(5-2)24(31)29-16-13-22(14-17-29)28-25(26-3)27-18-23-12-9-15-30(23)19-20-10-7-6-8-11-20/h6-8,10-11,21-23H,4-5,9,12-19H2,1-3H3,(H2,26,27,28). The lowest BCUT2D eigenvalue weighted by atomic mass is 9.98. The van der Waals surface area contributed by atoms with Gasteiger partial charge in [-0.05, 0) is 50.6 Å². The molecule has 6 heteroatoms. The molecule has 2 saturated heterocycles. The molecule has 3 rings (SSSR count). The summed E-state index contributed by atoms with van der Waals surface area (Å²) in [7, 11) is 1.84. The Morgan fingerprint density at radius 3 is 2.45 bits per heavy atom. The monoisotopic (exact) mass is 427 g/mol. The molecule has 31 heavy (non-hydrogen) atoms. The SMILES string of the molecule is CCC(CC)C(=O)N1CCC(NC(=NC)NCC2CCCN2Cc2ccccc2)CC1. The van der Waals surface area contributed by atoms with Crippen LogP contribution in [0.3, 0.4) is 0 Å². The van der Waals surface area contributed by atoms with E-state index in [4.69, 9.17) is 0 Å². The second kappa shape index (κ2) is 12.1. The highest BCUT2D eigenvalue weighted by atomic mass is 16.2. The third-order valence-electron chi connectivity index (χ3n) is 6.94. The molecule has 1 unspecified atom stereocenters. The van der Waals surface area contributed by atoms with Crippen molar-refractivity contribution in [3.8, 4) is 0 Å². The number of amides is 1. The predicted molar refractivity (Wildman–Crippen MR) is 128 cm³/mol. The number of carbonyl (C=O) groups excluding carboxylic acids is 1. The first-order valence-electron chi connectivity index (χ1n) is 12.2. The third-order valence-corrected chi connectivity index (χ3v) is 6.94. The molecule has 1 aromatic rings. The normalized spacial score (nSPS) is 21.0. The molecule has 1 atom stereocenters. The molecule has 1 aromatic carbocycles. The summed E-state index contributed by atoms with van der Waals surface area (Å²) in [6, 6.07) is 11.7. The molecule has 0 aromatic heterocycles. The lowest BCUT2D eigenvalue weighted by molar-refractivity contribution is -0.136. The molecular weight excluding hydrogens is 386 g/mol. The van der Waals surface area contributed by atoms with E-state index in [2.05, 4.69) is 69.6 Å². The Labute approximate surface area is 188 Å². The van der Waals surface area contributed by atoms with E-state index in [1.165, 1.54) is 18.4 Å². The van der Waals surface area contributed by atoms with Gasteiger partial charge in [0.05, 0.1) is 0 Å². The van der Waals surface area contributed by atoms with E-state index in [1.54, 1.807) is 0 Å². The second-order valence-corrected chi connectivity index (χ2v) is 8.96. The Bertz CT molecular complexity index is 695. The molecule has 6 nitrogen and oxygen atoms in total. The van der Waals surface area contributed by atoms with E-state index in [-0.39, 0.29) is 5.92 Å². The number of rotatable bonds is 8. The van der Waals surface area contributed by atoms with Gasteiger partial charge in [-0.1, -0.05) is 44.2 Å². The van der Waals surface area contributed by atoms with Gasteiger partial charge < -0.3 is 15.5 Å². The highest BCUT2D eigenvalue weighted by Gasteiger charge is 2.28. The smallest absolute Gasteiger partial charge is 0.225 e.